The molecule has 0 spiro atoms. The van der Waals surface area contributed by atoms with Crippen molar-refractivity contribution in [3.63, 3.8) is 0 Å². The van der Waals surface area contributed by atoms with E-state index in [0.717, 1.165) is 56.8 Å². The molecule has 7 nitrogen and oxygen atoms in total. The number of nitrogens with zero attached hydrogens (tertiary/aromatic N) is 3. The highest BCUT2D eigenvalue weighted by Gasteiger charge is 2.30. The zero-order valence-corrected chi connectivity index (χ0v) is 18.0. The fourth-order valence-corrected chi connectivity index (χ4v) is 5.20. The molecule has 1 unspecified atom stereocenters. The fourth-order valence-electron chi connectivity index (χ4n) is 4.08. The van der Waals surface area contributed by atoms with Crippen molar-refractivity contribution in [3.05, 3.63) is 23.8 Å². The average Bonchev–Trinajstić information content (AvgIpc) is 2.98. The zero-order valence-electron chi connectivity index (χ0n) is 17.1. The first-order valence-electron chi connectivity index (χ1n) is 10.1. The number of amides is 1. The van der Waals surface area contributed by atoms with E-state index in [1.165, 1.54) is 0 Å². The number of anilines is 1. The van der Waals surface area contributed by atoms with Gasteiger partial charge in [0.15, 0.2) is 0 Å². The van der Waals surface area contributed by atoms with E-state index in [1.54, 1.807) is 30.0 Å². The highest BCUT2D eigenvalue weighted by atomic mass is 32.2. The summed E-state index contributed by atoms with van der Waals surface area (Å²) >= 11 is 0. The van der Waals surface area contributed by atoms with Gasteiger partial charge < -0.3 is 14.7 Å². The fraction of sp³-hybridized carbons (Fsp3) is 0.650. The standard InChI is InChI=1S/C20H32N4O3S/c1-16-14-18-15-19(6-7-20(18)24(16)17(2)25)28(26,27)21-8-4-5-9-23-12-10-22(3)11-13-23/h6-7,15-16,21H,4-5,8-14H2,1-3H3. The number of nitrogens with one attached hydrogen (secondary N) is 1. The largest absolute Gasteiger partial charge is 0.309 e. The lowest BCUT2D eigenvalue weighted by molar-refractivity contribution is -0.116. The van der Waals surface area contributed by atoms with Crippen LogP contribution in [0.3, 0.4) is 0 Å². The van der Waals surface area contributed by atoms with Crippen molar-refractivity contribution in [2.24, 2.45) is 0 Å². The molecule has 1 atom stereocenters. The lowest BCUT2D eigenvalue weighted by Gasteiger charge is -2.32. The van der Waals surface area contributed by atoms with Gasteiger partial charge in [-0.25, -0.2) is 13.1 Å². The molecule has 1 amide bonds. The molecule has 0 aliphatic carbocycles. The second-order valence-electron chi connectivity index (χ2n) is 7.98. The number of rotatable bonds is 7. The maximum atomic E-state index is 12.6. The molecular formula is C20H32N4O3S. The van der Waals surface area contributed by atoms with E-state index in [4.69, 9.17) is 0 Å². The van der Waals surface area contributed by atoms with Gasteiger partial charge in [-0.2, -0.15) is 0 Å². The molecule has 1 saturated heterocycles. The Bertz CT molecular complexity index is 804. The molecule has 156 valence electrons. The Labute approximate surface area is 168 Å². The van der Waals surface area contributed by atoms with Crippen molar-refractivity contribution in [1.29, 1.82) is 0 Å². The smallest absolute Gasteiger partial charge is 0.240 e. The SMILES string of the molecule is CC(=O)N1c2ccc(S(=O)(=O)NCCCCN3CCN(C)CC3)cc2CC1C. The van der Waals surface area contributed by atoms with Crippen molar-refractivity contribution in [2.75, 3.05) is 51.2 Å². The van der Waals surface area contributed by atoms with Crippen LogP contribution in [0.25, 0.3) is 0 Å². The summed E-state index contributed by atoms with van der Waals surface area (Å²) in [5, 5.41) is 0. The predicted octanol–water partition coefficient (Wildman–Crippen LogP) is 1.29. The number of carbonyl (C=O) groups is 1. The number of sulfonamides is 1. The topological polar surface area (TPSA) is 73.0 Å². The number of hydrogen-bond donors (Lipinski definition) is 1. The maximum Gasteiger partial charge on any atom is 0.240 e. The van der Waals surface area contributed by atoms with Gasteiger partial charge >= 0.3 is 0 Å². The van der Waals surface area contributed by atoms with E-state index in [2.05, 4.69) is 21.6 Å². The molecule has 1 N–H and O–H groups in total. The summed E-state index contributed by atoms with van der Waals surface area (Å²) in [6.45, 7) is 9.37. The van der Waals surface area contributed by atoms with Crippen LogP contribution in [0.1, 0.15) is 32.3 Å². The predicted molar refractivity (Wildman–Crippen MR) is 111 cm³/mol. The van der Waals surface area contributed by atoms with Crippen molar-refractivity contribution in [3.8, 4) is 0 Å². The Balaban J connectivity index is 1.50. The molecule has 2 aliphatic heterocycles. The molecule has 0 bridgehead atoms. The van der Waals surface area contributed by atoms with E-state index < -0.39 is 10.0 Å². The van der Waals surface area contributed by atoms with Crippen molar-refractivity contribution in [2.45, 2.75) is 44.0 Å². The molecule has 8 heteroatoms. The summed E-state index contributed by atoms with van der Waals surface area (Å²) in [7, 11) is -1.38. The molecule has 2 heterocycles. The minimum atomic E-state index is -3.52. The first kappa shape index (κ1) is 21.2. The van der Waals surface area contributed by atoms with E-state index >= 15 is 0 Å². The summed E-state index contributed by atoms with van der Waals surface area (Å²) in [5.74, 6) is -0.0136. The first-order valence-corrected chi connectivity index (χ1v) is 11.6. The van der Waals surface area contributed by atoms with Gasteiger partial charge in [0.2, 0.25) is 15.9 Å². The Morgan fingerprint density at radius 2 is 1.89 bits per heavy atom. The molecule has 2 aliphatic rings. The van der Waals surface area contributed by atoms with E-state index in [1.807, 2.05) is 6.92 Å². The van der Waals surface area contributed by atoms with Crippen LogP contribution in [0, 0.1) is 0 Å². The molecular weight excluding hydrogens is 376 g/mol. The van der Waals surface area contributed by atoms with Crippen molar-refractivity contribution >= 4 is 21.6 Å². The number of carbonyl (C=O) groups excluding carboxylic acids is 1. The number of benzene rings is 1. The Kier molecular flexibility index (Phi) is 6.75. The van der Waals surface area contributed by atoms with Crippen LogP contribution in [-0.2, 0) is 21.2 Å². The number of likely N-dealkylation sites (N-methyl/N-ethyl adjacent to an activating group) is 1. The summed E-state index contributed by atoms with van der Waals surface area (Å²) in [5.41, 5.74) is 1.74. The van der Waals surface area contributed by atoms with Crippen molar-refractivity contribution < 1.29 is 13.2 Å². The lowest BCUT2D eigenvalue weighted by Crippen LogP contribution is -2.44. The van der Waals surface area contributed by atoms with Gasteiger partial charge in [-0.3, -0.25) is 4.79 Å². The van der Waals surface area contributed by atoms with E-state index in [9.17, 15) is 13.2 Å². The Hall–Kier alpha value is -1.48. The molecule has 1 aromatic carbocycles. The second kappa shape index (κ2) is 8.90. The number of hydrogen-bond acceptors (Lipinski definition) is 5. The number of unbranched alkanes of at least 4 members (excludes halogenated alkanes) is 1. The molecule has 1 fully saturated rings. The normalized spacial score (nSPS) is 21.1. The van der Waals surface area contributed by atoms with Gasteiger partial charge in [0.1, 0.15) is 0 Å². The Morgan fingerprint density at radius 3 is 2.57 bits per heavy atom. The monoisotopic (exact) mass is 408 g/mol. The van der Waals surface area contributed by atoms with Gasteiger partial charge in [-0.1, -0.05) is 0 Å². The first-order chi connectivity index (χ1) is 13.3. The van der Waals surface area contributed by atoms with Gasteiger partial charge in [-0.15, -0.1) is 0 Å². The molecule has 0 aromatic heterocycles. The second-order valence-corrected chi connectivity index (χ2v) is 9.75. The third-order valence-electron chi connectivity index (χ3n) is 5.71. The van der Waals surface area contributed by atoms with Gasteiger partial charge in [0.05, 0.1) is 4.90 Å². The number of piperazine rings is 1. The maximum absolute atomic E-state index is 12.6. The summed E-state index contributed by atoms with van der Waals surface area (Å²) in [6, 6.07) is 5.12. The quantitative estimate of drug-likeness (QED) is 0.689. The summed E-state index contributed by atoms with van der Waals surface area (Å²) < 4.78 is 28.0. The van der Waals surface area contributed by atoms with Crippen molar-refractivity contribution in [1.82, 2.24) is 14.5 Å². The minimum absolute atomic E-state index is 0.0136. The molecule has 0 radical (unpaired) electrons. The van der Waals surface area contributed by atoms with E-state index in [-0.39, 0.29) is 16.8 Å². The number of fused-ring (bicyclic) bond motifs is 1. The highest BCUT2D eigenvalue weighted by Crippen LogP contribution is 2.33. The highest BCUT2D eigenvalue weighted by molar-refractivity contribution is 7.89. The lowest BCUT2D eigenvalue weighted by atomic mass is 10.1. The van der Waals surface area contributed by atoms with E-state index in [0.29, 0.717) is 13.0 Å². The Morgan fingerprint density at radius 1 is 1.18 bits per heavy atom. The average molecular weight is 409 g/mol. The van der Waals surface area contributed by atoms with Crippen LogP contribution < -0.4 is 9.62 Å². The van der Waals surface area contributed by atoms with Crippen LogP contribution >= 0.6 is 0 Å². The molecule has 3 rings (SSSR count). The van der Waals surface area contributed by atoms with Gasteiger partial charge in [0, 0.05) is 51.4 Å². The van der Waals surface area contributed by atoms with Crippen LogP contribution in [0.15, 0.2) is 23.1 Å². The van der Waals surface area contributed by atoms with Crippen LogP contribution in [0.4, 0.5) is 5.69 Å². The zero-order chi connectivity index (χ0) is 20.3. The van der Waals surface area contributed by atoms with Gasteiger partial charge in [-0.05, 0) is 63.5 Å². The van der Waals surface area contributed by atoms with Crippen LogP contribution in [-0.4, -0.2) is 76.5 Å². The molecule has 28 heavy (non-hydrogen) atoms. The third kappa shape index (κ3) is 4.92. The summed E-state index contributed by atoms with van der Waals surface area (Å²) in [6.07, 6.45) is 2.50. The summed E-state index contributed by atoms with van der Waals surface area (Å²) in [4.78, 5) is 18.6. The van der Waals surface area contributed by atoms with Crippen LogP contribution in [0.2, 0.25) is 0 Å². The molecule has 0 saturated carbocycles. The third-order valence-corrected chi connectivity index (χ3v) is 7.16. The van der Waals surface area contributed by atoms with Gasteiger partial charge in [0.25, 0.3) is 0 Å². The minimum Gasteiger partial charge on any atom is -0.309 e. The molecule has 1 aromatic rings. The van der Waals surface area contributed by atoms with Crippen LogP contribution in [0.5, 0.6) is 0 Å².